The van der Waals surface area contributed by atoms with Crippen molar-refractivity contribution in [2.45, 2.75) is 13.8 Å². The predicted molar refractivity (Wildman–Crippen MR) is 88.9 cm³/mol. The Hall–Kier alpha value is -1.99. The van der Waals surface area contributed by atoms with Crippen LogP contribution in [0.4, 0.5) is 15.2 Å². The zero-order valence-electron chi connectivity index (χ0n) is 12.3. The van der Waals surface area contributed by atoms with E-state index in [1.54, 1.807) is 24.5 Å². The largest absolute Gasteiger partial charge is 0.495 e. The van der Waals surface area contributed by atoms with Crippen LogP contribution in [0.1, 0.15) is 10.7 Å². The zero-order valence-corrected chi connectivity index (χ0v) is 13.9. The van der Waals surface area contributed by atoms with Crippen LogP contribution >= 0.6 is 22.7 Å². The van der Waals surface area contributed by atoms with Crippen molar-refractivity contribution in [3.8, 4) is 16.3 Å². The van der Waals surface area contributed by atoms with Crippen LogP contribution in [-0.2, 0) is 0 Å². The molecule has 2 heterocycles. The van der Waals surface area contributed by atoms with Gasteiger partial charge in [0.2, 0.25) is 0 Å². The zero-order chi connectivity index (χ0) is 15.7. The molecule has 1 N–H and O–H groups in total. The van der Waals surface area contributed by atoms with Gasteiger partial charge in [0.05, 0.1) is 34.1 Å². The fourth-order valence-electron chi connectivity index (χ4n) is 2.10. The number of nitrogens with zero attached hydrogens (tertiary/aromatic N) is 2. The van der Waals surface area contributed by atoms with Gasteiger partial charge in [0, 0.05) is 11.4 Å². The number of halogens is 1. The van der Waals surface area contributed by atoms with Crippen LogP contribution in [0.25, 0.3) is 10.6 Å². The molecule has 0 fully saturated rings. The van der Waals surface area contributed by atoms with E-state index in [0.29, 0.717) is 16.6 Å². The van der Waals surface area contributed by atoms with E-state index in [0.717, 1.165) is 21.3 Å². The highest BCUT2D eigenvalue weighted by Gasteiger charge is 2.13. The molecular formula is C15H14FN3OS2. The van der Waals surface area contributed by atoms with E-state index in [1.165, 1.54) is 23.5 Å². The van der Waals surface area contributed by atoms with Gasteiger partial charge < -0.3 is 10.1 Å². The maximum absolute atomic E-state index is 13.4. The number of nitrogens with one attached hydrogen (secondary N) is 1. The Labute approximate surface area is 135 Å². The molecule has 22 heavy (non-hydrogen) atoms. The van der Waals surface area contributed by atoms with Crippen LogP contribution in [0.15, 0.2) is 23.6 Å². The van der Waals surface area contributed by atoms with Gasteiger partial charge >= 0.3 is 0 Å². The standard InChI is InChI=1S/C15H14FN3OS2/c1-8-14(22-9(2)17-8)12-7-21-15(19-12)18-11-6-10(16)4-5-13(11)20-3/h4-7H,1-3H3,(H,18,19). The van der Waals surface area contributed by atoms with Crippen LogP contribution in [-0.4, -0.2) is 17.1 Å². The summed E-state index contributed by atoms with van der Waals surface area (Å²) in [5, 5.41) is 6.77. The average molecular weight is 335 g/mol. The van der Waals surface area contributed by atoms with Crippen LogP contribution in [0.3, 0.4) is 0 Å². The first-order chi connectivity index (χ1) is 10.6. The summed E-state index contributed by atoms with van der Waals surface area (Å²) in [5.74, 6) is 0.247. The normalized spacial score (nSPS) is 10.7. The summed E-state index contributed by atoms with van der Waals surface area (Å²) in [6, 6.07) is 4.34. The van der Waals surface area contributed by atoms with Crippen LogP contribution in [0, 0.1) is 19.7 Å². The molecule has 0 aliphatic heterocycles. The molecule has 3 aromatic rings. The van der Waals surface area contributed by atoms with E-state index in [9.17, 15) is 4.39 Å². The lowest BCUT2D eigenvalue weighted by Crippen LogP contribution is -1.95. The maximum atomic E-state index is 13.4. The summed E-state index contributed by atoms with van der Waals surface area (Å²) in [7, 11) is 1.55. The number of benzene rings is 1. The SMILES string of the molecule is COc1ccc(F)cc1Nc1nc(-c2sc(C)nc2C)cs1. The second-order valence-corrected chi connectivity index (χ2v) is 6.72. The summed E-state index contributed by atoms with van der Waals surface area (Å²) in [6.07, 6.45) is 0. The Morgan fingerprint density at radius 1 is 1.23 bits per heavy atom. The number of hydrogen-bond acceptors (Lipinski definition) is 6. The number of methoxy groups -OCH3 is 1. The lowest BCUT2D eigenvalue weighted by Gasteiger charge is -2.08. The van der Waals surface area contributed by atoms with E-state index < -0.39 is 0 Å². The third-order valence-electron chi connectivity index (χ3n) is 3.04. The third kappa shape index (κ3) is 2.95. The molecule has 7 heteroatoms. The lowest BCUT2D eigenvalue weighted by molar-refractivity contribution is 0.416. The van der Waals surface area contributed by atoms with E-state index in [2.05, 4.69) is 15.3 Å². The van der Waals surface area contributed by atoms with E-state index >= 15 is 0 Å². The highest BCUT2D eigenvalue weighted by atomic mass is 32.1. The molecule has 0 saturated heterocycles. The van der Waals surface area contributed by atoms with Gasteiger partial charge in [-0.1, -0.05) is 0 Å². The lowest BCUT2D eigenvalue weighted by atomic mass is 10.3. The summed E-state index contributed by atoms with van der Waals surface area (Å²) < 4.78 is 18.6. The van der Waals surface area contributed by atoms with Gasteiger partial charge in [0.25, 0.3) is 0 Å². The molecular weight excluding hydrogens is 321 g/mol. The van der Waals surface area contributed by atoms with Gasteiger partial charge in [0.15, 0.2) is 5.13 Å². The van der Waals surface area contributed by atoms with Gasteiger partial charge in [-0.05, 0) is 26.0 Å². The molecule has 0 aliphatic rings. The van der Waals surface area contributed by atoms with E-state index in [1.807, 2.05) is 19.2 Å². The summed E-state index contributed by atoms with van der Waals surface area (Å²) in [5.41, 5.74) is 2.41. The number of ether oxygens (including phenoxy) is 1. The number of anilines is 2. The summed E-state index contributed by atoms with van der Waals surface area (Å²) >= 11 is 3.08. The van der Waals surface area contributed by atoms with Gasteiger partial charge in [0.1, 0.15) is 11.6 Å². The van der Waals surface area contributed by atoms with Crippen molar-refractivity contribution in [2.24, 2.45) is 0 Å². The summed E-state index contributed by atoms with van der Waals surface area (Å²) in [4.78, 5) is 10.0. The molecule has 0 aliphatic carbocycles. The Morgan fingerprint density at radius 3 is 2.73 bits per heavy atom. The third-order valence-corrected chi connectivity index (χ3v) is 4.90. The fraction of sp³-hybridized carbons (Fsp3) is 0.200. The topological polar surface area (TPSA) is 47.0 Å². The smallest absolute Gasteiger partial charge is 0.187 e. The first kappa shape index (κ1) is 14.9. The minimum absolute atomic E-state index is 0.325. The first-order valence-corrected chi connectivity index (χ1v) is 8.27. The molecule has 2 aromatic heterocycles. The second-order valence-electron chi connectivity index (χ2n) is 4.65. The molecule has 0 atom stereocenters. The van der Waals surface area contributed by atoms with E-state index in [-0.39, 0.29) is 5.82 Å². The minimum atomic E-state index is -0.325. The Bertz CT molecular complexity index is 813. The highest BCUT2D eigenvalue weighted by Crippen LogP contribution is 2.34. The Kier molecular flexibility index (Phi) is 4.08. The Morgan fingerprint density at radius 2 is 2.05 bits per heavy atom. The van der Waals surface area contributed by atoms with Crippen LogP contribution in [0.5, 0.6) is 5.75 Å². The van der Waals surface area contributed by atoms with Crippen molar-refractivity contribution >= 4 is 33.5 Å². The van der Waals surface area contributed by atoms with Crippen molar-refractivity contribution in [2.75, 3.05) is 12.4 Å². The van der Waals surface area contributed by atoms with Crippen molar-refractivity contribution in [3.05, 3.63) is 40.1 Å². The van der Waals surface area contributed by atoms with E-state index in [4.69, 9.17) is 4.74 Å². The average Bonchev–Trinajstić information content (AvgIpc) is 3.05. The molecule has 0 unspecified atom stereocenters. The molecule has 0 amide bonds. The summed E-state index contributed by atoms with van der Waals surface area (Å²) in [6.45, 7) is 3.95. The van der Waals surface area contributed by atoms with Gasteiger partial charge in [-0.15, -0.1) is 22.7 Å². The number of aromatic nitrogens is 2. The van der Waals surface area contributed by atoms with Crippen molar-refractivity contribution < 1.29 is 9.13 Å². The quantitative estimate of drug-likeness (QED) is 0.746. The molecule has 0 saturated carbocycles. The number of hydrogen-bond donors (Lipinski definition) is 1. The first-order valence-electron chi connectivity index (χ1n) is 6.57. The maximum Gasteiger partial charge on any atom is 0.187 e. The van der Waals surface area contributed by atoms with Crippen LogP contribution in [0.2, 0.25) is 0 Å². The minimum Gasteiger partial charge on any atom is -0.495 e. The fourth-order valence-corrected chi connectivity index (χ4v) is 3.77. The monoisotopic (exact) mass is 335 g/mol. The molecule has 3 rings (SSSR count). The molecule has 1 aromatic carbocycles. The molecule has 0 bridgehead atoms. The number of aryl methyl sites for hydroxylation is 2. The molecule has 0 radical (unpaired) electrons. The van der Waals surface area contributed by atoms with Gasteiger partial charge in [-0.2, -0.15) is 0 Å². The molecule has 4 nitrogen and oxygen atoms in total. The van der Waals surface area contributed by atoms with Crippen molar-refractivity contribution in [3.63, 3.8) is 0 Å². The van der Waals surface area contributed by atoms with Crippen molar-refractivity contribution in [1.82, 2.24) is 9.97 Å². The highest BCUT2D eigenvalue weighted by molar-refractivity contribution is 7.16. The predicted octanol–water partition coefficient (Wildman–Crippen LogP) is 4.77. The van der Waals surface area contributed by atoms with Gasteiger partial charge in [-0.3, -0.25) is 0 Å². The second kappa shape index (κ2) is 6.02. The molecule has 114 valence electrons. The van der Waals surface area contributed by atoms with Gasteiger partial charge in [-0.25, -0.2) is 14.4 Å². The number of thiazole rings is 2. The van der Waals surface area contributed by atoms with Crippen molar-refractivity contribution in [1.29, 1.82) is 0 Å². The molecule has 0 spiro atoms. The van der Waals surface area contributed by atoms with Crippen LogP contribution < -0.4 is 10.1 Å². The Balaban J connectivity index is 1.89. The number of rotatable bonds is 4.